The van der Waals surface area contributed by atoms with E-state index in [1.54, 1.807) is 0 Å². The van der Waals surface area contributed by atoms with Crippen LogP contribution in [0.4, 0.5) is 0 Å². The van der Waals surface area contributed by atoms with Gasteiger partial charge in [-0.15, -0.1) is 11.3 Å². The number of nitrogens with one attached hydrogen (secondary N) is 1. The second-order valence-electron chi connectivity index (χ2n) is 13.8. The average molecular weight is 710 g/mol. The molecule has 0 saturated heterocycles. The van der Waals surface area contributed by atoms with E-state index in [1.807, 2.05) is 17.4 Å². The smallest absolute Gasteiger partial charge is 0.159 e. The Morgan fingerprint density at radius 3 is 2.00 bits per heavy atom. The largest absolute Gasteiger partial charge is 0.456 e. The van der Waals surface area contributed by atoms with Crippen molar-refractivity contribution in [1.29, 1.82) is 0 Å². The van der Waals surface area contributed by atoms with Crippen molar-refractivity contribution in [1.82, 2.24) is 5.32 Å². The van der Waals surface area contributed by atoms with E-state index in [4.69, 9.17) is 14.4 Å². The Hall–Kier alpha value is -6.82. The fourth-order valence-electron chi connectivity index (χ4n) is 7.90. The molecule has 4 nitrogen and oxygen atoms in total. The molecule has 0 spiro atoms. The summed E-state index contributed by atoms with van der Waals surface area (Å²) in [5, 5.41) is 10.8. The number of rotatable bonds is 5. The molecule has 1 N–H and O–H groups in total. The molecular weight excluding hydrogens is 679 g/mol. The minimum Gasteiger partial charge on any atom is -0.456 e. The number of thiophene rings is 1. The van der Waals surface area contributed by atoms with Gasteiger partial charge in [-0.2, -0.15) is 0 Å². The van der Waals surface area contributed by atoms with E-state index >= 15 is 0 Å². The molecule has 10 aromatic rings. The van der Waals surface area contributed by atoms with Crippen LogP contribution in [0.25, 0.3) is 75.1 Å². The summed E-state index contributed by atoms with van der Waals surface area (Å²) in [5.74, 6) is 1.44. The molecule has 1 aliphatic heterocycles. The molecule has 3 heterocycles. The average Bonchev–Trinajstić information content (AvgIpc) is 3.82. The number of aliphatic imine (C=N–C) groups is 2. The lowest BCUT2D eigenvalue weighted by Gasteiger charge is -2.24. The Morgan fingerprint density at radius 2 is 1.15 bits per heavy atom. The molecular formula is C49H31N3OS. The van der Waals surface area contributed by atoms with Gasteiger partial charge in [0.2, 0.25) is 0 Å². The van der Waals surface area contributed by atoms with Gasteiger partial charge in [-0.25, -0.2) is 9.98 Å². The van der Waals surface area contributed by atoms with Gasteiger partial charge >= 0.3 is 0 Å². The Bertz CT molecular complexity index is 3140. The van der Waals surface area contributed by atoms with E-state index in [9.17, 15) is 0 Å². The van der Waals surface area contributed by atoms with E-state index in [0.29, 0.717) is 5.84 Å². The second kappa shape index (κ2) is 12.4. The molecule has 0 radical (unpaired) electrons. The minimum atomic E-state index is -0.353. The molecule has 0 fully saturated rings. The number of hydrogen-bond donors (Lipinski definition) is 1. The van der Waals surface area contributed by atoms with E-state index in [-0.39, 0.29) is 6.17 Å². The zero-order chi connectivity index (χ0) is 35.6. The van der Waals surface area contributed by atoms with Crippen molar-refractivity contribution in [2.24, 2.45) is 9.98 Å². The maximum absolute atomic E-state index is 6.60. The molecule has 1 atom stereocenters. The molecule has 1 unspecified atom stereocenters. The van der Waals surface area contributed by atoms with Crippen LogP contribution >= 0.6 is 11.3 Å². The van der Waals surface area contributed by atoms with Gasteiger partial charge < -0.3 is 9.73 Å². The van der Waals surface area contributed by atoms with Gasteiger partial charge in [0.05, 0.1) is 0 Å². The maximum Gasteiger partial charge on any atom is 0.159 e. The van der Waals surface area contributed by atoms with Gasteiger partial charge in [-0.3, -0.25) is 0 Å². The van der Waals surface area contributed by atoms with Crippen molar-refractivity contribution >= 4 is 75.9 Å². The predicted octanol–water partition coefficient (Wildman–Crippen LogP) is 12.9. The van der Waals surface area contributed by atoms with Crippen molar-refractivity contribution in [2.75, 3.05) is 0 Å². The Kier molecular flexibility index (Phi) is 7.07. The molecule has 5 heteroatoms. The van der Waals surface area contributed by atoms with Crippen molar-refractivity contribution in [3.8, 4) is 22.3 Å². The quantitative estimate of drug-likeness (QED) is 0.193. The number of hydrogen-bond acceptors (Lipinski definition) is 5. The van der Waals surface area contributed by atoms with Gasteiger partial charge in [0.25, 0.3) is 0 Å². The fourth-order valence-corrected chi connectivity index (χ4v) is 9.05. The van der Waals surface area contributed by atoms with Crippen molar-refractivity contribution in [3.63, 3.8) is 0 Å². The first-order chi connectivity index (χ1) is 26.7. The SMILES string of the molecule is c1ccc(-c2ccc(C3=NC(c4ccc5ccccc5c4)NC(c4cccc5oc6cccc(-c7ccc8c(c7)sc7ccccc78)c6c45)=N3)cc2)cc1. The Balaban J connectivity index is 1.08. The monoisotopic (exact) mass is 709 g/mol. The van der Waals surface area contributed by atoms with Gasteiger partial charge in [0.1, 0.15) is 23.2 Å². The summed E-state index contributed by atoms with van der Waals surface area (Å²) >= 11 is 1.84. The predicted molar refractivity (Wildman–Crippen MR) is 227 cm³/mol. The normalized spacial score (nSPS) is 14.5. The first-order valence-corrected chi connectivity index (χ1v) is 19.0. The summed E-state index contributed by atoms with van der Waals surface area (Å²) < 4.78 is 9.17. The lowest BCUT2D eigenvalue weighted by atomic mass is 9.96. The van der Waals surface area contributed by atoms with Crippen LogP contribution in [0.5, 0.6) is 0 Å². The van der Waals surface area contributed by atoms with Crippen LogP contribution in [0.2, 0.25) is 0 Å². The first kappa shape index (κ1) is 30.8. The van der Waals surface area contributed by atoms with Gasteiger partial charge in [-0.05, 0) is 68.9 Å². The highest BCUT2D eigenvalue weighted by Crippen LogP contribution is 2.42. The van der Waals surface area contributed by atoms with Crippen LogP contribution in [-0.4, -0.2) is 11.7 Å². The zero-order valence-corrected chi connectivity index (χ0v) is 29.8. The third-order valence-electron chi connectivity index (χ3n) is 10.5. The molecule has 0 aliphatic carbocycles. The summed E-state index contributed by atoms with van der Waals surface area (Å²) in [6, 6.07) is 62.1. The van der Waals surface area contributed by atoms with E-state index < -0.39 is 0 Å². The molecule has 11 rings (SSSR count). The lowest BCUT2D eigenvalue weighted by Crippen LogP contribution is -2.33. The van der Waals surface area contributed by atoms with Crippen molar-refractivity contribution < 1.29 is 4.42 Å². The standard InChI is InChI=1S/C49H31N3OS/c1-2-10-30(11-3-1)32-20-23-33(24-21-32)47-50-48(36-25-22-31-12-4-5-13-34(31)28-36)52-49(51-47)40-16-9-18-42-46(40)45-37(15-8-17-41(45)53-42)35-26-27-39-38-14-6-7-19-43(38)54-44(39)29-35/h1-29,48H,(H,50,51,52). The zero-order valence-electron chi connectivity index (χ0n) is 29.0. The highest BCUT2D eigenvalue weighted by molar-refractivity contribution is 7.25. The molecule has 1 aliphatic rings. The van der Waals surface area contributed by atoms with Crippen LogP contribution in [0.3, 0.4) is 0 Å². The fraction of sp³-hybridized carbons (Fsp3) is 0.0204. The summed E-state index contributed by atoms with van der Waals surface area (Å²) in [6.07, 6.45) is -0.353. The number of fused-ring (bicyclic) bond motifs is 7. The van der Waals surface area contributed by atoms with Crippen molar-refractivity contribution in [2.45, 2.75) is 6.17 Å². The summed E-state index contributed by atoms with van der Waals surface area (Å²) in [5.41, 5.74) is 9.29. The molecule has 54 heavy (non-hydrogen) atoms. The van der Waals surface area contributed by atoms with Crippen LogP contribution in [0, 0.1) is 0 Å². The minimum absolute atomic E-state index is 0.353. The van der Waals surface area contributed by atoms with Gasteiger partial charge in [0.15, 0.2) is 5.84 Å². The van der Waals surface area contributed by atoms with Crippen molar-refractivity contribution in [3.05, 3.63) is 193 Å². The highest BCUT2D eigenvalue weighted by atomic mass is 32.1. The maximum atomic E-state index is 6.60. The van der Waals surface area contributed by atoms with E-state index in [1.165, 1.54) is 36.5 Å². The van der Waals surface area contributed by atoms with Gasteiger partial charge in [0, 0.05) is 42.1 Å². The topological polar surface area (TPSA) is 49.9 Å². The Labute approximate surface area is 315 Å². The lowest BCUT2D eigenvalue weighted by molar-refractivity contribution is 0.668. The molecule has 0 bridgehead atoms. The van der Waals surface area contributed by atoms with Crippen LogP contribution in [0.1, 0.15) is 22.9 Å². The number of benzene rings is 8. The second-order valence-corrected chi connectivity index (χ2v) is 14.9. The molecule has 254 valence electrons. The van der Waals surface area contributed by atoms with E-state index in [2.05, 4.69) is 175 Å². The first-order valence-electron chi connectivity index (χ1n) is 18.2. The Morgan fingerprint density at radius 1 is 0.481 bits per heavy atom. The summed E-state index contributed by atoms with van der Waals surface area (Å²) in [4.78, 5) is 10.5. The third kappa shape index (κ3) is 5.12. The number of furan rings is 1. The van der Waals surface area contributed by atoms with Crippen LogP contribution in [-0.2, 0) is 0 Å². The van der Waals surface area contributed by atoms with E-state index in [0.717, 1.165) is 61.2 Å². The van der Waals surface area contributed by atoms with Gasteiger partial charge in [-0.1, -0.05) is 146 Å². The number of amidine groups is 2. The van der Waals surface area contributed by atoms with Crippen LogP contribution in [0.15, 0.2) is 190 Å². The summed E-state index contributed by atoms with van der Waals surface area (Å²) in [7, 11) is 0. The van der Waals surface area contributed by atoms with Crippen LogP contribution < -0.4 is 5.32 Å². The number of nitrogens with zero attached hydrogens (tertiary/aromatic N) is 2. The molecule has 8 aromatic carbocycles. The highest BCUT2D eigenvalue weighted by Gasteiger charge is 2.25. The molecule has 2 aromatic heterocycles. The third-order valence-corrected chi connectivity index (χ3v) is 11.7. The molecule has 0 saturated carbocycles. The molecule has 0 amide bonds. The summed E-state index contributed by atoms with van der Waals surface area (Å²) in [6.45, 7) is 0.